The first kappa shape index (κ1) is 14.4. The average molecular weight is 255 g/mol. The zero-order valence-corrected chi connectivity index (χ0v) is 11.5. The van der Waals surface area contributed by atoms with Gasteiger partial charge >= 0.3 is 6.01 Å². The third-order valence-electron chi connectivity index (χ3n) is 2.61. The molecule has 0 saturated carbocycles. The van der Waals surface area contributed by atoms with Gasteiger partial charge in [-0.3, -0.25) is 0 Å². The highest BCUT2D eigenvalue weighted by atomic mass is 16.5. The highest BCUT2D eigenvalue weighted by Crippen LogP contribution is 2.18. The number of ether oxygens (including phenoxy) is 1. The fraction of sp³-hybridized carbons (Fsp3) is 0.727. The summed E-state index contributed by atoms with van der Waals surface area (Å²) in [5.74, 6) is 0.803. The smallest absolute Gasteiger partial charge is 0.322 e. The average Bonchev–Trinajstić information content (AvgIpc) is 2.28. The lowest BCUT2D eigenvalue weighted by Gasteiger charge is -2.29. The van der Waals surface area contributed by atoms with E-state index in [-0.39, 0.29) is 6.01 Å². The van der Waals surface area contributed by atoms with E-state index in [1.165, 1.54) is 7.11 Å². The number of aliphatic hydroxyl groups is 1. The molecule has 1 heterocycles. The van der Waals surface area contributed by atoms with E-state index in [9.17, 15) is 5.11 Å². The molecule has 7 heteroatoms. The van der Waals surface area contributed by atoms with Crippen molar-refractivity contribution in [2.75, 3.05) is 24.3 Å². The molecule has 1 rings (SSSR count). The van der Waals surface area contributed by atoms with E-state index in [4.69, 9.17) is 4.74 Å². The Labute approximate surface area is 107 Å². The van der Waals surface area contributed by atoms with Crippen molar-refractivity contribution in [3.63, 3.8) is 0 Å². The van der Waals surface area contributed by atoms with Gasteiger partial charge in [-0.2, -0.15) is 15.0 Å². The fourth-order valence-electron chi connectivity index (χ4n) is 1.13. The second kappa shape index (κ2) is 5.81. The lowest BCUT2D eigenvalue weighted by Crippen LogP contribution is -2.42. The standard InChI is InChI=1S/C11H21N5O2/c1-6-12-8-13-9(15-10(14-8)18-5)16-11(3,4)7(2)17/h7,17H,6H2,1-5H3,(H2,12,13,14,15,16). The second-order valence-corrected chi connectivity index (χ2v) is 4.52. The molecule has 1 unspecified atom stereocenters. The number of aliphatic hydroxyl groups excluding tert-OH is 1. The van der Waals surface area contributed by atoms with Gasteiger partial charge in [-0.05, 0) is 27.7 Å². The summed E-state index contributed by atoms with van der Waals surface area (Å²) in [6.45, 7) is 8.08. The van der Waals surface area contributed by atoms with Crippen LogP contribution in [0.3, 0.4) is 0 Å². The van der Waals surface area contributed by atoms with Crippen LogP contribution in [0.2, 0.25) is 0 Å². The van der Waals surface area contributed by atoms with E-state index in [0.717, 1.165) is 0 Å². The van der Waals surface area contributed by atoms with Gasteiger partial charge in [-0.25, -0.2) is 0 Å². The van der Waals surface area contributed by atoms with Crippen LogP contribution in [0, 0.1) is 0 Å². The molecule has 0 spiro atoms. The van der Waals surface area contributed by atoms with Crippen molar-refractivity contribution in [2.45, 2.75) is 39.3 Å². The molecule has 0 aliphatic rings. The predicted molar refractivity (Wildman–Crippen MR) is 69.9 cm³/mol. The highest BCUT2D eigenvalue weighted by molar-refractivity contribution is 5.37. The molecule has 1 atom stereocenters. The van der Waals surface area contributed by atoms with Crippen molar-refractivity contribution in [3.05, 3.63) is 0 Å². The van der Waals surface area contributed by atoms with Crippen LogP contribution in [-0.2, 0) is 0 Å². The topological polar surface area (TPSA) is 92.2 Å². The minimum Gasteiger partial charge on any atom is -0.467 e. The molecule has 0 amide bonds. The zero-order valence-electron chi connectivity index (χ0n) is 11.5. The third kappa shape index (κ3) is 3.69. The van der Waals surface area contributed by atoms with Crippen molar-refractivity contribution >= 4 is 11.9 Å². The number of anilines is 2. The van der Waals surface area contributed by atoms with Crippen molar-refractivity contribution in [3.8, 4) is 6.01 Å². The van der Waals surface area contributed by atoms with Crippen molar-refractivity contribution in [2.24, 2.45) is 0 Å². The third-order valence-corrected chi connectivity index (χ3v) is 2.61. The van der Waals surface area contributed by atoms with Gasteiger partial charge in [0.2, 0.25) is 11.9 Å². The van der Waals surface area contributed by atoms with Gasteiger partial charge in [0.15, 0.2) is 0 Å². The van der Waals surface area contributed by atoms with Crippen molar-refractivity contribution in [1.29, 1.82) is 0 Å². The van der Waals surface area contributed by atoms with Crippen molar-refractivity contribution < 1.29 is 9.84 Å². The summed E-state index contributed by atoms with van der Waals surface area (Å²) in [4.78, 5) is 12.4. The second-order valence-electron chi connectivity index (χ2n) is 4.52. The Morgan fingerprint density at radius 2 is 1.89 bits per heavy atom. The molecule has 0 bridgehead atoms. The van der Waals surface area contributed by atoms with E-state index in [1.807, 2.05) is 20.8 Å². The Bertz CT molecular complexity index is 395. The maximum absolute atomic E-state index is 9.66. The Balaban J connectivity index is 2.97. The number of hydrogen-bond donors (Lipinski definition) is 3. The molecule has 0 aromatic carbocycles. The number of hydrogen-bond acceptors (Lipinski definition) is 7. The molecule has 102 valence electrons. The molecule has 0 radical (unpaired) electrons. The Kier molecular flexibility index (Phi) is 4.66. The summed E-state index contributed by atoms with van der Waals surface area (Å²) in [7, 11) is 1.49. The Morgan fingerprint density at radius 3 is 2.39 bits per heavy atom. The number of aromatic nitrogens is 3. The number of nitrogens with zero attached hydrogens (tertiary/aromatic N) is 3. The fourth-order valence-corrected chi connectivity index (χ4v) is 1.13. The van der Waals surface area contributed by atoms with E-state index < -0.39 is 11.6 Å². The Morgan fingerprint density at radius 1 is 1.28 bits per heavy atom. The summed E-state index contributed by atoms with van der Waals surface area (Å²) in [5, 5.41) is 15.7. The minimum atomic E-state index is -0.553. The van der Waals surface area contributed by atoms with Gasteiger partial charge in [0, 0.05) is 6.54 Å². The maximum Gasteiger partial charge on any atom is 0.322 e. The van der Waals surface area contributed by atoms with Crippen LogP contribution in [0.15, 0.2) is 0 Å². The monoisotopic (exact) mass is 255 g/mol. The molecule has 1 aromatic rings. The summed E-state index contributed by atoms with van der Waals surface area (Å²) >= 11 is 0. The minimum absolute atomic E-state index is 0.227. The molecule has 0 saturated heterocycles. The van der Waals surface area contributed by atoms with Crippen LogP contribution in [0.4, 0.5) is 11.9 Å². The molecule has 0 aliphatic carbocycles. The summed E-state index contributed by atoms with van der Waals surface area (Å²) in [6.07, 6.45) is -0.553. The van der Waals surface area contributed by atoms with Crippen LogP contribution in [0.5, 0.6) is 6.01 Å². The maximum atomic E-state index is 9.66. The van der Waals surface area contributed by atoms with Crippen LogP contribution >= 0.6 is 0 Å². The molecule has 18 heavy (non-hydrogen) atoms. The Hall–Kier alpha value is -1.63. The van der Waals surface area contributed by atoms with Crippen LogP contribution < -0.4 is 15.4 Å². The van der Waals surface area contributed by atoms with Gasteiger partial charge in [-0.1, -0.05) is 0 Å². The SMILES string of the molecule is CCNc1nc(NC(C)(C)C(C)O)nc(OC)n1. The largest absolute Gasteiger partial charge is 0.467 e. The van der Waals surface area contributed by atoms with Gasteiger partial charge in [0.25, 0.3) is 0 Å². The lowest BCUT2D eigenvalue weighted by molar-refractivity contribution is 0.132. The molecule has 3 N–H and O–H groups in total. The first-order valence-corrected chi connectivity index (χ1v) is 5.89. The molecule has 7 nitrogen and oxygen atoms in total. The number of nitrogens with one attached hydrogen (secondary N) is 2. The van der Waals surface area contributed by atoms with Gasteiger partial charge in [0.1, 0.15) is 0 Å². The predicted octanol–water partition coefficient (Wildman–Crippen LogP) is 0.883. The van der Waals surface area contributed by atoms with Crippen LogP contribution in [0.25, 0.3) is 0 Å². The summed E-state index contributed by atoms with van der Waals surface area (Å²) in [6, 6.07) is 0.227. The molecule has 0 aliphatic heterocycles. The quantitative estimate of drug-likeness (QED) is 0.695. The molecular formula is C11H21N5O2. The van der Waals surface area contributed by atoms with Crippen LogP contribution in [0.1, 0.15) is 27.7 Å². The van der Waals surface area contributed by atoms with E-state index in [0.29, 0.717) is 18.4 Å². The molecular weight excluding hydrogens is 234 g/mol. The van der Waals surface area contributed by atoms with E-state index in [1.54, 1.807) is 6.92 Å². The summed E-state index contributed by atoms with van der Waals surface area (Å²) in [5.41, 5.74) is -0.546. The van der Waals surface area contributed by atoms with Crippen molar-refractivity contribution in [1.82, 2.24) is 15.0 Å². The highest BCUT2D eigenvalue weighted by Gasteiger charge is 2.25. The number of rotatable bonds is 6. The van der Waals surface area contributed by atoms with E-state index >= 15 is 0 Å². The van der Waals surface area contributed by atoms with Crippen LogP contribution in [-0.4, -0.2) is 45.4 Å². The zero-order chi connectivity index (χ0) is 13.8. The first-order chi connectivity index (χ1) is 8.39. The van der Waals surface area contributed by atoms with Gasteiger partial charge in [-0.15, -0.1) is 0 Å². The summed E-state index contributed by atoms with van der Waals surface area (Å²) < 4.78 is 5.01. The normalized spacial score (nSPS) is 13.0. The van der Waals surface area contributed by atoms with Gasteiger partial charge in [0.05, 0.1) is 18.8 Å². The van der Waals surface area contributed by atoms with E-state index in [2.05, 4.69) is 25.6 Å². The lowest BCUT2D eigenvalue weighted by atomic mass is 9.99. The van der Waals surface area contributed by atoms with Gasteiger partial charge < -0.3 is 20.5 Å². The number of methoxy groups -OCH3 is 1. The molecule has 0 fully saturated rings. The molecule has 1 aromatic heterocycles. The first-order valence-electron chi connectivity index (χ1n) is 5.89.